The van der Waals surface area contributed by atoms with Crippen molar-refractivity contribution in [3.63, 3.8) is 0 Å². The molecule has 0 spiro atoms. The number of nitrogens with one attached hydrogen (secondary N) is 1. The SMILES string of the molecule is O=C1CN(C(=O)C2CCN(C(=O)c3ccc(Cl)cc3)CC2)c2ccccc2N1. The van der Waals surface area contributed by atoms with Crippen LogP contribution in [0.5, 0.6) is 0 Å². The van der Waals surface area contributed by atoms with Crippen LogP contribution in [0.4, 0.5) is 11.4 Å². The molecule has 0 aliphatic carbocycles. The molecule has 3 amide bonds. The van der Waals surface area contributed by atoms with Crippen LogP contribution in [0.15, 0.2) is 48.5 Å². The Morgan fingerprint density at radius 3 is 2.39 bits per heavy atom. The summed E-state index contributed by atoms with van der Waals surface area (Å²) >= 11 is 5.88. The number of carbonyl (C=O) groups excluding carboxylic acids is 3. The minimum absolute atomic E-state index is 0.0275. The normalized spacial score (nSPS) is 17.1. The first-order chi connectivity index (χ1) is 13.5. The Balaban J connectivity index is 1.43. The van der Waals surface area contributed by atoms with Crippen LogP contribution >= 0.6 is 11.6 Å². The number of fused-ring (bicyclic) bond motifs is 1. The minimum atomic E-state index is -0.201. The van der Waals surface area contributed by atoms with Crippen molar-refractivity contribution < 1.29 is 14.4 Å². The lowest BCUT2D eigenvalue weighted by Gasteiger charge is -2.36. The van der Waals surface area contributed by atoms with Gasteiger partial charge in [0.15, 0.2) is 0 Å². The van der Waals surface area contributed by atoms with Gasteiger partial charge in [-0.05, 0) is 49.2 Å². The average Bonchev–Trinajstić information content (AvgIpc) is 2.73. The first-order valence-corrected chi connectivity index (χ1v) is 9.66. The van der Waals surface area contributed by atoms with Gasteiger partial charge >= 0.3 is 0 Å². The van der Waals surface area contributed by atoms with Gasteiger partial charge in [0.05, 0.1) is 11.4 Å². The fraction of sp³-hybridized carbons (Fsp3) is 0.286. The Morgan fingerprint density at radius 1 is 1.00 bits per heavy atom. The monoisotopic (exact) mass is 397 g/mol. The van der Waals surface area contributed by atoms with E-state index in [9.17, 15) is 14.4 Å². The fourth-order valence-corrected chi connectivity index (χ4v) is 3.88. The van der Waals surface area contributed by atoms with Gasteiger partial charge in [-0.25, -0.2) is 0 Å². The van der Waals surface area contributed by atoms with E-state index in [2.05, 4.69) is 5.32 Å². The van der Waals surface area contributed by atoms with Crippen molar-refractivity contribution >= 4 is 40.7 Å². The average molecular weight is 398 g/mol. The number of piperidine rings is 1. The van der Waals surface area contributed by atoms with Gasteiger partial charge in [-0.15, -0.1) is 0 Å². The maximum absolute atomic E-state index is 13.1. The first kappa shape index (κ1) is 18.5. The van der Waals surface area contributed by atoms with E-state index in [1.165, 1.54) is 0 Å². The highest BCUT2D eigenvalue weighted by molar-refractivity contribution is 6.30. The number of amides is 3. The zero-order valence-corrected chi connectivity index (χ0v) is 16.0. The molecule has 28 heavy (non-hydrogen) atoms. The number of halogens is 1. The van der Waals surface area contributed by atoms with E-state index in [4.69, 9.17) is 11.6 Å². The van der Waals surface area contributed by atoms with E-state index in [-0.39, 0.29) is 30.2 Å². The Hall–Kier alpha value is -2.86. The molecule has 2 aliphatic rings. The second-order valence-corrected chi connectivity index (χ2v) is 7.50. The van der Waals surface area contributed by atoms with E-state index in [1.807, 2.05) is 18.2 Å². The Bertz CT molecular complexity index is 921. The molecule has 2 heterocycles. The van der Waals surface area contributed by atoms with Gasteiger partial charge in [0.25, 0.3) is 5.91 Å². The molecule has 2 aromatic carbocycles. The van der Waals surface area contributed by atoms with Crippen molar-refractivity contribution in [2.45, 2.75) is 12.8 Å². The van der Waals surface area contributed by atoms with E-state index in [1.54, 1.807) is 40.1 Å². The molecule has 7 heteroatoms. The van der Waals surface area contributed by atoms with Crippen molar-refractivity contribution in [2.24, 2.45) is 5.92 Å². The second kappa shape index (κ2) is 7.64. The summed E-state index contributed by atoms with van der Waals surface area (Å²) in [5.41, 5.74) is 1.98. The van der Waals surface area contributed by atoms with Crippen molar-refractivity contribution in [3.05, 3.63) is 59.1 Å². The Morgan fingerprint density at radius 2 is 1.68 bits per heavy atom. The highest BCUT2D eigenvalue weighted by Gasteiger charge is 2.34. The first-order valence-electron chi connectivity index (χ1n) is 9.28. The molecular formula is C21H20ClN3O3. The number of carbonyl (C=O) groups is 3. The van der Waals surface area contributed by atoms with Crippen molar-refractivity contribution in [2.75, 3.05) is 29.9 Å². The Kier molecular flexibility index (Phi) is 5.05. The van der Waals surface area contributed by atoms with Crippen LogP contribution in [0.2, 0.25) is 5.02 Å². The Labute approximate surface area is 168 Å². The van der Waals surface area contributed by atoms with Gasteiger partial charge in [0.1, 0.15) is 6.54 Å². The van der Waals surface area contributed by atoms with Crippen LogP contribution in [0.1, 0.15) is 23.2 Å². The molecular weight excluding hydrogens is 378 g/mol. The summed E-state index contributed by atoms with van der Waals surface area (Å²) in [6.07, 6.45) is 1.16. The highest BCUT2D eigenvalue weighted by Crippen LogP contribution is 2.32. The molecule has 0 bridgehead atoms. The standard InChI is InChI=1S/C21H20ClN3O3/c22-16-7-5-14(6-8-16)20(27)24-11-9-15(10-12-24)21(28)25-13-19(26)23-17-3-1-2-4-18(17)25/h1-8,15H,9-13H2,(H,23,26). The molecule has 0 saturated carbocycles. The lowest BCUT2D eigenvalue weighted by atomic mass is 9.94. The molecule has 0 aromatic heterocycles. The predicted molar refractivity (Wildman–Crippen MR) is 108 cm³/mol. The molecule has 2 aliphatic heterocycles. The van der Waals surface area contributed by atoms with E-state index in [0.717, 1.165) is 5.69 Å². The molecule has 1 saturated heterocycles. The van der Waals surface area contributed by atoms with Crippen LogP contribution in [-0.2, 0) is 9.59 Å². The van der Waals surface area contributed by atoms with Crippen LogP contribution in [0.3, 0.4) is 0 Å². The molecule has 144 valence electrons. The predicted octanol–water partition coefficient (Wildman–Crippen LogP) is 3.18. The number of hydrogen-bond acceptors (Lipinski definition) is 3. The van der Waals surface area contributed by atoms with Gasteiger partial charge in [-0.1, -0.05) is 23.7 Å². The third-order valence-corrected chi connectivity index (χ3v) is 5.51. The van der Waals surface area contributed by atoms with E-state index >= 15 is 0 Å². The van der Waals surface area contributed by atoms with Crippen LogP contribution in [0.25, 0.3) is 0 Å². The van der Waals surface area contributed by atoms with Gasteiger partial charge in [0, 0.05) is 29.6 Å². The summed E-state index contributed by atoms with van der Waals surface area (Å²) in [7, 11) is 0. The molecule has 2 aromatic rings. The summed E-state index contributed by atoms with van der Waals surface area (Å²) in [6, 6.07) is 14.1. The summed E-state index contributed by atoms with van der Waals surface area (Å²) < 4.78 is 0. The molecule has 4 rings (SSSR count). The maximum Gasteiger partial charge on any atom is 0.253 e. The maximum atomic E-state index is 13.1. The second-order valence-electron chi connectivity index (χ2n) is 7.06. The molecule has 1 N–H and O–H groups in total. The zero-order chi connectivity index (χ0) is 19.7. The highest BCUT2D eigenvalue weighted by atomic mass is 35.5. The van der Waals surface area contributed by atoms with Crippen molar-refractivity contribution in [3.8, 4) is 0 Å². The number of rotatable bonds is 2. The summed E-state index contributed by atoms with van der Waals surface area (Å²) in [5, 5.41) is 3.39. The molecule has 0 unspecified atom stereocenters. The van der Waals surface area contributed by atoms with Crippen molar-refractivity contribution in [1.29, 1.82) is 0 Å². The molecule has 1 fully saturated rings. The number of nitrogens with zero attached hydrogens (tertiary/aromatic N) is 2. The lowest BCUT2D eigenvalue weighted by Crippen LogP contribution is -2.48. The smallest absolute Gasteiger partial charge is 0.253 e. The lowest BCUT2D eigenvalue weighted by molar-refractivity contribution is -0.125. The number of likely N-dealkylation sites (tertiary alicyclic amines) is 1. The third kappa shape index (κ3) is 3.60. The summed E-state index contributed by atoms with van der Waals surface area (Å²) in [4.78, 5) is 41.0. The van der Waals surface area contributed by atoms with Crippen molar-refractivity contribution in [1.82, 2.24) is 4.90 Å². The fourth-order valence-electron chi connectivity index (χ4n) is 3.75. The van der Waals surface area contributed by atoms with Crippen LogP contribution in [-0.4, -0.2) is 42.3 Å². The number of benzene rings is 2. The zero-order valence-electron chi connectivity index (χ0n) is 15.2. The van der Waals surface area contributed by atoms with Gasteiger partial charge in [-0.2, -0.15) is 0 Å². The number of anilines is 2. The quantitative estimate of drug-likeness (QED) is 0.846. The molecule has 0 radical (unpaired) electrons. The largest absolute Gasteiger partial charge is 0.339 e. The van der Waals surface area contributed by atoms with Gasteiger partial charge < -0.3 is 15.1 Å². The number of para-hydroxylation sites is 2. The number of hydrogen-bond donors (Lipinski definition) is 1. The summed E-state index contributed by atoms with van der Waals surface area (Å²) in [5.74, 6) is -0.498. The van der Waals surface area contributed by atoms with Crippen LogP contribution < -0.4 is 10.2 Å². The third-order valence-electron chi connectivity index (χ3n) is 5.26. The molecule has 0 atom stereocenters. The molecule has 6 nitrogen and oxygen atoms in total. The van der Waals surface area contributed by atoms with Gasteiger partial charge in [0.2, 0.25) is 11.8 Å². The summed E-state index contributed by atoms with van der Waals surface area (Å²) in [6.45, 7) is 1.05. The van der Waals surface area contributed by atoms with Crippen LogP contribution in [0, 0.1) is 5.92 Å². The van der Waals surface area contributed by atoms with E-state index in [0.29, 0.717) is 42.2 Å². The minimum Gasteiger partial charge on any atom is -0.339 e. The van der Waals surface area contributed by atoms with Gasteiger partial charge in [-0.3, -0.25) is 14.4 Å². The van der Waals surface area contributed by atoms with E-state index < -0.39 is 0 Å². The topological polar surface area (TPSA) is 69.7 Å².